The number of likely N-dealkylation sites (N-methyl/N-ethyl adjacent to an activating group) is 1. The molecule has 1 rings (SSSR count). The molecule has 0 unspecified atom stereocenters. The van der Waals surface area contributed by atoms with Gasteiger partial charge in [-0.3, -0.25) is 4.79 Å². The summed E-state index contributed by atoms with van der Waals surface area (Å²) in [6, 6.07) is 7.56. The van der Waals surface area contributed by atoms with Gasteiger partial charge in [-0.25, -0.2) is 4.79 Å². The highest BCUT2D eigenvalue weighted by Gasteiger charge is 2.34. The highest BCUT2D eigenvalue weighted by Crippen LogP contribution is 2.17. The van der Waals surface area contributed by atoms with E-state index in [2.05, 4.69) is 15.9 Å². The number of halogens is 1. The number of carboxylic acid groups (broad SMARTS) is 1. The Morgan fingerprint density at radius 1 is 1.23 bits per heavy atom. The molecule has 122 valence electrons. The van der Waals surface area contributed by atoms with Crippen molar-refractivity contribution in [2.24, 2.45) is 0 Å². The van der Waals surface area contributed by atoms with Crippen molar-refractivity contribution in [2.45, 2.75) is 38.6 Å². The monoisotopic (exact) mass is 371 g/mol. The average Bonchev–Trinajstić information content (AvgIpc) is 2.47. The second-order valence-corrected chi connectivity index (χ2v) is 6.49. The van der Waals surface area contributed by atoms with E-state index in [4.69, 9.17) is 9.84 Å². The van der Waals surface area contributed by atoms with Crippen LogP contribution in [0, 0.1) is 0 Å². The van der Waals surface area contributed by atoms with Gasteiger partial charge in [0.15, 0.2) is 0 Å². The van der Waals surface area contributed by atoms with Crippen LogP contribution in [-0.4, -0.2) is 41.1 Å². The second-order valence-electron chi connectivity index (χ2n) is 5.58. The first-order chi connectivity index (χ1) is 10.2. The Balaban J connectivity index is 2.28. The lowest BCUT2D eigenvalue weighted by Crippen LogP contribution is -2.50. The van der Waals surface area contributed by atoms with Gasteiger partial charge in [-0.15, -0.1) is 0 Å². The van der Waals surface area contributed by atoms with Gasteiger partial charge in [-0.05, 0) is 51.0 Å². The fraction of sp³-hybridized carbons (Fsp3) is 0.500. The second kappa shape index (κ2) is 8.17. The average molecular weight is 372 g/mol. The number of rotatable bonds is 8. The first-order valence-electron chi connectivity index (χ1n) is 7.13. The van der Waals surface area contributed by atoms with E-state index in [1.54, 1.807) is 0 Å². The number of benzene rings is 1. The Morgan fingerprint density at radius 3 is 2.36 bits per heavy atom. The Hall–Kier alpha value is -1.56. The van der Waals surface area contributed by atoms with Crippen molar-refractivity contribution >= 4 is 27.8 Å². The molecule has 0 saturated heterocycles. The Bertz CT molecular complexity index is 513. The molecule has 22 heavy (non-hydrogen) atoms. The molecule has 0 aliphatic rings. The topological polar surface area (TPSA) is 66.8 Å². The summed E-state index contributed by atoms with van der Waals surface area (Å²) in [6.45, 7) is 3.56. The van der Waals surface area contributed by atoms with Crippen LogP contribution in [0.25, 0.3) is 0 Å². The SMILES string of the molecule is CN(C(=O)CCCCOc1ccc(Br)cc1)C(C)(C)C(=O)O. The number of nitrogens with zero attached hydrogens (tertiary/aromatic N) is 1. The minimum Gasteiger partial charge on any atom is -0.494 e. The molecule has 0 saturated carbocycles. The molecule has 0 bridgehead atoms. The smallest absolute Gasteiger partial charge is 0.329 e. The molecule has 1 amide bonds. The number of hydrogen-bond donors (Lipinski definition) is 1. The first-order valence-corrected chi connectivity index (χ1v) is 7.93. The molecule has 0 heterocycles. The maximum atomic E-state index is 12.0. The zero-order valence-electron chi connectivity index (χ0n) is 13.1. The largest absolute Gasteiger partial charge is 0.494 e. The van der Waals surface area contributed by atoms with Crippen molar-refractivity contribution in [3.05, 3.63) is 28.7 Å². The van der Waals surface area contributed by atoms with Crippen LogP contribution in [0.15, 0.2) is 28.7 Å². The molecular formula is C16H22BrNO4. The number of carbonyl (C=O) groups excluding carboxylic acids is 1. The van der Waals surface area contributed by atoms with Crippen molar-refractivity contribution in [2.75, 3.05) is 13.7 Å². The van der Waals surface area contributed by atoms with Crippen LogP contribution in [0.1, 0.15) is 33.1 Å². The Morgan fingerprint density at radius 2 is 1.82 bits per heavy atom. The summed E-state index contributed by atoms with van der Waals surface area (Å²) in [7, 11) is 1.52. The molecule has 5 nitrogen and oxygen atoms in total. The van der Waals surface area contributed by atoms with Crippen LogP contribution in [-0.2, 0) is 9.59 Å². The predicted molar refractivity (Wildman–Crippen MR) is 88.0 cm³/mol. The van der Waals surface area contributed by atoms with E-state index in [9.17, 15) is 9.59 Å². The molecule has 1 aromatic carbocycles. The summed E-state index contributed by atoms with van der Waals surface area (Å²) in [5.74, 6) is -0.392. The van der Waals surface area contributed by atoms with E-state index in [-0.39, 0.29) is 5.91 Å². The fourth-order valence-electron chi connectivity index (χ4n) is 1.72. The summed E-state index contributed by atoms with van der Waals surface area (Å²) in [4.78, 5) is 24.4. The maximum absolute atomic E-state index is 12.0. The van der Waals surface area contributed by atoms with Gasteiger partial charge in [0.2, 0.25) is 5.91 Å². The highest BCUT2D eigenvalue weighted by molar-refractivity contribution is 9.10. The predicted octanol–water partition coefficient (Wildman–Crippen LogP) is 3.32. The summed E-state index contributed by atoms with van der Waals surface area (Å²) in [5.41, 5.74) is -1.19. The van der Waals surface area contributed by atoms with Crippen LogP contribution in [0.3, 0.4) is 0 Å². The molecule has 0 aliphatic heterocycles. The molecular weight excluding hydrogens is 350 g/mol. The lowest BCUT2D eigenvalue weighted by Gasteiger charge is -2.31. The van der Waals surface area contributed by atoms with Gasteiger partial charge in [0.1, 0.15) is 11.3 Å². The molecule has 1 N–H and O–H groups in total. The third-order valence-corrected chi connectivity index (χ3v) is 4.13. The van der Waals surface area contributed by atoms with Crippen LogP contribution in [0.2, 0.25) is 0 Å². The number of amides is 1. The number of carbonyl (C=O) groups is 2. The van der Waals surface area contributed by atoms with Crippen LogP contribution in [0.4, 0.5) is 0 Å². The van der Waals surface area contributed by atoms with E-state index in [1.165, 1.54) is 25.8 Å². The molecule has 0 aromatic heterocycles. The van der Waals surface area contributed by atoms with E-state index >= 15 is 0 Å². The molecule has 0 atom stereocenters. The van der Waals surface area contributed by atoms with Crippen molar-refractivity contribution in [3.63, 3.8) is 0 Å². The lowest BCUT2D eigenvalue weighted by atomic mass is 10.0. The van der Waals surface area contributed by atoms with Gasteiger partial charge < -0.3 is 14.7 Å². The van der Waals surface area contributed by atoms with E-state index in [0.717, 1.165) is 16.6 Å². The highest BCUT2D eigenvalue weighted by atomic mass is 79.9. The Labute approximate surface area is 139 Å². The van der Waals surface area contributed by atoms with Gasteiger partial charge >= 0.3 is 5.97 Å². The molecule has 0 spiro atoms. The zero-order valence-corrected chi connectivity index (χ0v) is 14.7. The van der Waals surface area contributed by atoms with E-state index in [1.807, 2.05) is 24.3 Å². The summed E-state index contributed by atoms with van der Waals surface area (Å²) < 4.78 is 6.56. The fourth-order valence-corrected chi connectivity index (χ4v) is 1.99. The molecule has 0 fully saturated rings. The Kier molecular flexibility index (Phi) is 6.87. The number of aliphatic carboxylic acids is 1. The van der Waals surface area contributed by atoms with Crippen molar-refractivity contribution < 1.29 is 19.4 Å². The van der Waals surface area contributed by atoms with Crippen molar-refractivity contribution in [1.82, 2.24) is 4.90 Å². The number of hydrogen-bond acceptors (Lipinski definition) is 3. The molecule has 0 radical (unpaired) electrons. The number of ether oxygens (including phenoxy) is 1. The van der Waals surface area contributed by atoms with Gasteiger partial charge in [0, 0.05) is 17.9 Å². The summed E-state index contributed by atoms with van der Waals surface area (Å²) >= 11 is 3.35. The van der Waals surface area contributed by atoms with E-state index in [0.29, 0.717) is 19.4 Å². The van der Waals surface area contributed by atoms with Crippen molar-refractivity contribution in [3.8, 4) is 5.75 Å². The first kappa shape index (κ1) is 18.5. The normalized spacial score (nSPS) is 11.1. The molecule has 1 aromatic rings. The molecule has 6 heteroatoms. The van der Waals surface area contributed by atoms with Crippen molar-refractivity contribution in [1.29, 1.82) is 0 Å². The number of carboxylic acids is 1. The quantitative estimate of drug-likeness (QED) is 0.711. The van der Waals surface area contributed by atoms with E-state index < -0.39 is 11.5 Å². The standard InChI is InChI=1S/C16H22BrNO4/c1-16(2,15(20)21)18(3)14(19)6-4-5-11-22-13-9-7-12(17)8-10-13/h7-10H,4-6,11H2,1-3H3,(H,20,21). The summed E-state index contributed by atoms with van der Waals surface area (Å²) in [5, 5.41) is 9.10. The third-order valence-electron chi connectivity index (χ3n) is 3.60. The third kappa shape index (κ3) is 5.33. The van der Waals surface area contributed by atoms with Gasteiger partial charge in [0.25, 0.3) is 0 Å². The lowest BCUT2D eigenvalue weighted by molar-refractivity contribution is -0.155. The maximum Gasteiger partial charge on any atom is 0.329 e. The summed E-state index contributed by atoms with van der Waals surface area (Å²) in [6.07, 6.45) is 1.72. The minimum atomic E-state index is -1.19. The van der Waals surface area contributed by atoms with Crippen LogP contribution in [0.5, 0.6) is 5.75 Å². The number of unbranched alkanes of at least 4 members (excludes halogenated alkanes) is 1. The van der Waals surface area contributed by atoms with Gasteiger partial charge in [0.05, 0.1) is 6.61 Å². The zero-order chi connectivity index (χ0) is 16.8. The van der Waals surface area contributed by atoms with Gasteiger partial charge in [-0.1, -0.05) is 15.9 Å². The van der Waals surface area contributed by atoms with Gasteiger partial charge in [-0.2, -0.15) is 0 Å². The molecule has 0 aliphatic carbocycles. The van der Waals surface area contributed by atoms with Crippen LogP contribution < -0.4 is 4.74 Å². The van der Waals surface area contributed by atoms with Crippen LogP contribution >= 0.6 is 15.9 Å². The minimum absolute atomic E-state index is 0.170.